The van der Waals surface area contributed by atoms with E-state index in [1.54, 1.807) is 12.1 Å². The Kier molecular flexibility index (Phi) is 3.40. The van der Waals surface area contributed by atoms with E-state index in [-0.39, 0.29) is 11.6 Å². The van der Waals surface area contributed by atoms with Crippen LogP contribution in [0.3, 0.4) is 0 Å². The molecule has 92 valence electrons. The number of aromatic nitrogens is 2. The predicted octanol–water partition coefficient (Wildman–Crippen LogP) is 2.63. The van der Waals surface area contributed by atoms with E-state index in [9.17, 15) is 0 Å². The number of hydrogen-bond donors (Lipinski definition) is 0. The number of hydrogen-bond acceptors (Lipinski definition) is 5. The van der Waals surface area contributed by atoms with Crippen LogP contribution >= 0.6 is 0 Å². The second-order valence-electron chi connectivity index (χ2n) is 3.97. The van der Waals surface area contributed by atoms with Crippen molar-refractivity contribution in [1.82, 2.24) is 9.97 Å². The van der Waals surface area contributed by atoms with Crippen LogP contribution in [-0.2, 0) is 0 Å². The third-order valence-corrected chi connectivity index (χ3v) is 2.56. The lowest BCUT2D eigenvalue weighted by Gasteiger charge is -2.11. The molecule has 0 saturated heterocycles. The summed E-state index contributed by atoms with van der Waals surface area (Å²) >= 11 is 0. The summed E-state index contributed by atoms with van der Waals surface area (Å²) in [5.74, 6) is 0.761. The molecule has 0 amide bonds. The Morgan fingerprint density at radius 1 is 1.00 bits per heavy atom. The van der Waals surface area contributed by atoms with E-state index in [4.69, 9.17) is 15.3 Å². The first-order valence-electron chi connectivity index (χ1n) is 5.56. The lowest BCUT2D eigenvalue weighted by atomic mass is 10.1. The molecule has 0 saturated carbocycles. The van der Waals surface area contributed by atoms with Crippen molar-refractivity contribution in [2.24, 2.45) is 0 Å². The number of aryl methyl sites for hydroxylation is 2. The summed E-state index contributed by atoms with van der Waals surface area (Å²) in [6, 6.07) is 7.47. The number of nitriles is 2. The molecule has 0 unspecified atom stereocenters. The molecule has 0 aliphatic heterocycles. The average molecular weight is 250 g/mol. The molecule has 0 fully saturated rings. The van der Waals surface area contributed by atoms with E-state index in [0.29, 0.717) is 11.3 Å². The van der Waals surface area contributed by atoms with Gasteiger partial charge in [-0.25, -0.2) is 9.97 Å². The van der Waals surface area contributed by atoms with Crippen molar-refractivity contribution in [3.63, 3.8) is 0 Å². The molecule has 5 nitrogen and oxygen atoms in total. The summed E-state index contributed by atoms with van der Waals surface area (Å²) in [4.78, 5) is 7.88. The molecule has 0 spiro atoms. The fourth-order valence-electron chi connectivity index (χ4n) is 1.75. The van der Waals surface area contributed by atoms with Gasteiger partial charge in [0.05, 0.1) is 11.6 Å². The van der Waals surface area contributed by atoms with Gasteiger partial charge in [0.25, 0.3) is 5.88 Å². The molecule has 5 heteroatoms. The molecule has 0 N–H and O–H groups in total. The van der Waals surface area contributed by atoms with Crippen LogP contribution in [-0.4, -0.2) is 9.97 Å². The number of benzene rings is 1. The molecular formula is C14H10N4O. The standard InChI is InChI=1S/C14H10N4O/c1-9-5-11(7-15)6-10(2)13(9)19-14-12(8-16)17-3-4-18-14/h3-6H,1-2H3. The highest BCUT2D eigenvalue weighted by molar-refractivity contribution is 5.49. The molecule has 1 aromatic heterocycles. The van der Waals surface area contributed by atoms with Gasteiger partial charge < -0.3 is 4.74 Å². The topological polar surface area (TPSA) is 82.6 Å². The van der Waals surface area contributed by atoms with Crippen molar-refractivity contribution < 1.29 is 4.74 Å². The Bertz CT molecular complexity index is 687. The summed E-state index contributed by atoms with van der Waals surface area (Å²) in [5.41, 5.74) is 2.32. The first-order valence-corrected chi connectivity index (χ1v) is 5.56. The van der Waals surface area contributed by atoms with Crippen molar-refractivity contribution >= 4 is 0 Å². The second-order valence-corrected chi connectivity index (χ2v) is 3.97. The Morgan fingerprint density at radius 2 is 1.63 bits per heavy atom. The van der Waals surface area contributed by atoms with Gasteiger partial charge in [-0.3, -0.25) is 0 Å². The van der Waals surface area contributed by atoms with Crippen molar-refractivity contribution in [2.45, 2.75) is 13.8 Å². The van der Waals surface area contributed by atoms with Crippen LogP contribution in [0.15, 0.2) is 24.5 Å². The molecule has 19 heavy (non-hydrogen) atoms. The smallest absolute Gasteiger partial charge is 0.256 e. The minimum absolute atomic E-state index is 0.130. The molecule has 2 aromatic rings. The molecule has 0 atom stereocenters. The van der Waals surface area contributed by atoms with Crippen molar-refractivity contribution in [3.8, 4) is 23.8 Å². The second kappa shape index (κ2) is 5.16. The lowest BCUT2D eigenvalue weighted by Crippen LogP contribution is -1.97. The zero-order valence-corrected chi connectivity index (χ0v) is 10.5. The maximum Gasteiger partial charge on any atom is 0.256 e. The third kappa shape index (κ3) is 2.51. The van der Waals surface area contributed by atoms with Gasteiger partial charge in [-0.15, -0.1) is 0 Å². The van der Waals surface area contributed by atoms with Crippen LogP contribution in [0.2, 0.25) is 0 Å². The van der Waals surface area contributed by atoms with E-state index in [2.05, 4.69) is 16.0 Å². The van der Waals surface area contributed by atoms with Gasteiger partial charge in [-0.05, 0) is 37.1 Å². The monoisotopic (exact) mass is 250 g/mol. The fraction of sp³-hybridized carbons (Fsp3) is 0.143. The minimum Gasteiger partial charge on any atom is -0.436 e. The quantitative estimate of drug-likeness (QED) is 0.818. The molecule has 1 aromatic carbocycles. The molecule has 1 heterocycles. The zero-order chi connectivity index (χ0) is 13.8. The van der Waals surface area contributed by atoms with Crippen LogP contribution in [0.1, 0.15) is 22.4 Å². The summed E-state index contributed by atoms with van der Waals surface area (Å²) in [6.45, 7) is 3.68. The van der Waals surface area contributed by atoms with Gasteiger partial charge in [-0.2, -0.15) is 10.5 Å². The maximum atomic E-state index is 8.94. The maximum absolute atomic E-state index is 8.94. The van der Waals surface area contributed by atoms with Gasteiger partial charge in [0.2, 0.25) is 5.69 Å². The van der Waals surface area contributed by atoms with Crippen LogP contribution in [0.5, 0.6) is 11.6 Å². The Balaban J connectivity index is 2.45. The zero-order valence-electron chi connectivity index (χ0n) is 10.5. The largest absolute Gasteiger partial charge is 0.436 e. The number of ether oxygens (including phenoxy) is 1. The first-order chi connectivity index (χ1) is 9.15. The van der Waals surface area contributed by atoms with Crippen LogP contribution in [0, 0.1) is 36.5 Å². The number of rotatable bonds is 2. The van der Waals surface area contributed by atoms with Crippen LogP contribution in [0.25, 0.3) is 0 Å². The molecule has 0 aliphatic rings. The van der Waals surface area contributed by atoms with Crippen molar-refractivity contribution in [1.29, 1.82) is 10.5 Å². The molecule has 0 aliphatic carbocycles. The van der Waals surface area contributed by atoms with Gasteiger partial charge in [-0.1, -0.05) is 0 Å². The normalized spacial score (nSPS) is 9.47. The predicted molar refractivity (Wildman–Crippen MR) is 67.5 cm³/mol. The summed E-state index contributed by atoms with van der Waals surface area (Å²) in [5, 5.41) is 17.8. The number of nitrogens with zero attached hydrogens (tertiary/aromatic N) is 4. The Labute approximate surface area is 110 Å². The van der Waals surface area contributed by atoms with Gasteiger partial charge in [0.15, 0.2) is 0 Å². The van der Waals surface area contributed by atoms with Crippen LogP contribution in [0.4, 0.5) is 0 Å². The third-order valence-electron chi connectivity index (χ3n) is 2.56. The highest BCUT2D eigenvalue weighted by Crippen LogP contribution is 2.29. The van der Waals surface area contributed by atoms with Gasteiger partial charge in [0, 0.05) is 12.4 Å². The lowest BCUT2D eigenvalue weighted by molar-refractivity contribution is 0.451. The summed E-state index contributed by atoms with van der Waals surface area (Å²) in [7, 11) is 0. The molecule has 2 rings (SSSR count). The van der Waals surface area contributed by atoms with E-state index in [1.165, 1.54) is 12.4 Å². The van der Waals surface area contributed by atoms with Crippen molar-refractivity contribution in [2.75, 3.05) is 0 Å². The average Bonchev–Trinajstić information content (AvgIpc) is 2.43. The molecule has 0 radical (unpaired) electrons. The fourth-order valence-corrected chi connectivity index (χ4v) is 1.75. The van der Waals surface area contributed by atoms with Crippen LogP contribution < -0.4 is 4.74 Å². The van der Waals surface area contributed by atoms with Gasteiger partial charge >= 0.3 is 0 Å². The summed E-state index contributed by atoms with van der Waals surface area (Å²) < 4.78 is 5.66. The first kappa shape index (κ1) is 12.5. The Hall–Kier alpha value is -2.92. The minimum atomic E-state index is 0.130. The highest BCUT2D eigenvalue weighted by atomic mass is 16.5. The van der Waals surface area contributed by atoms with E-state index >= 15 is 0 Å². The van der Waals surface area contributed by atoms with Crippen molar-refractivity contribution in [3.05, 3.63) is 46.9 Å². The highest BCUT2D eigenvalue weighted by Gasteiger charge is 2.12. The van der Waals surface area contributed by atoms with E-state index in [0.717, 1.165) is 11.1 Å². The van der Waals surface area contributed by atoms with Gasteiger partial charge in [0.1, 0.15) is 11.8 Å². The SMILES string of the molecule is Cc1cc(C#N)cc(C)c1Oc1nccnc1C#N. The summed E-state index contributed by atoms with van der Waals surface area (Å²) in [6.07, 6.45) is 2.90. The van der Waals surface area contributed by atoms with E-state index < -0.39 is 0 Å². The molecular weight excluding hydrogens is 240 g/mol. The Morgan fingerprint density at radius 3 is 2.21 bits per heavy atom. The molecule has 0 bridgehead atoms. The van der Waals surface area contributed by atoms with E-state index in [1.807, 2.05) is 19.9 Å².